The topological polar surface area (TPSA) is 29.5 Å². The van der Waals surface area contributed by atoms with E-state index in [0.29, 0.717) is 25.9 Å². The number of amides is 1. The molecule has 0 unspecified atom stereocenters. The molecule has 1 heterocycles. The van der Waals surface area contributed by atoms with Crippen molar-refractivity contribution in [3.8, 4) is 0 Å². The molecule has 0 aliphatic carbocycles. The standard InChI is InChI=1S/C7H11F2NO2/c1-5-3-10(4-5)6(11)12-7(2,8)9/h5H,3-4H2,1-2H3. The molecular formula is C7H11F2NO2. The minimum atomic E-state index is -3.37. The van der Waals surface area contributed by atoms with Crippen LogP contribution in [0.15, 0.2) is 0 Å². The Kier molecular flexibility index (Phi) is 2.21. The fourth-order valence-electron chi connectivity index (χ4n) is 1.07. The normalized spacial score (nSPS) is 18.8. The van der Waals surface area contributed by atoms with Crippen LogP contribution in [0.5, 0.6) is 0 Å². The van der Waals surface area contributed by atoms with Crippen LogP contribution >= 0.6 is 0 Å². The Labute approximate surface area is 69.3 Å². The molecule has 1 saturated heterocycles. The number of carbonyl (C=O) groups excluding carboxylic acids is 1. The first-order valence-electron chi connectivity index (χ1n) is 3.74. The summed E-state index contributed by atoms with van der Waals surface area (Å²) in [7, 11) is 0. The van der Waals surface area contributed by atoms with Crippen molar-refractivity contribution in [3.05, 3.63) is 0 Å². The van der Waals surface area contributed by atoms with Gasteiger partial charge >= 0.3 is 12.2 Å². The third kappa shape index (κ3) is 2.32. The van der Waals surface area contributed by atoms with E-state index in [1.807, 2.05) is 6.92 Å². The average molecular weight is 179 g/mol. The monoisotopic (exact) mass is 179 g/mol. The van der Waals surface area contributed by atoms with Crippen LogP contribution in [0.3, 0.4) is 0 Å². The molecule has 0 radical (unpaired) electrons. The van der Waals surface area contributed by atoms with Gasteiger partial charge in [0, 0.05) is 20.0 Å². The molecular weight excluding hydrogens is 168 g/mol. The minimum absolute atomic E-state index is 0.392. The van der Waals surface area contributed by atoms with Crippen molar-refractivity contribution in [1.29, 1.82) is 0 Å². The van der Waals surface area contributed by atoms with Gasteiger partial charge in [-0.05, 0) is 5.92 Å². The van der Waals surface area contributed by atoms with E-state index in [2.05, 4.69) is 4.74 Å². The number of halogens is 2. The van der Waals surface area contributed by atoms with Gasteiger partial charge in [-0.15, -0.1) is 0 Å². The molecule has 0 aromatic heterocycles. The molecule has 0 aromatic carbocycles. The molecule has 1 fully saturated rings. The van der Waals surface area contributed by atoms with E-state index >= 15 is 0 Å². The van der Waals surface area contributed by atoms with E-state index in [-0.39, 0.29) is 0 Å². The van der Waals surface area contributed by atoms with Crippen molar-refractivity contribution >= 4 is 6.09 Å². The van der Waals surface area contributed by atoms with Gasteiger partial charge in [0.25, 0.3) is 0 Å². The number of ether oxygens (including phenoxy) is 1. The number of hydrogen-bond acceptors (Lipinski definition) is 2. The number of alkyl halides is 2. The fraction of sp³-hybridized carbons (Fsp3) is 0.857. The minimum Gasteiger partial charge on any atom is -0.384 e. The SMILES string of the molecule is CC1CN(C(=O)OC(C)(F)F)C1. The zero-order chi connectivity index (χ0) is 9.35. The summed E-state index contributed by atoms with van der Waals surface area (Å²) in [6, 6.07) is 0. The number of carbonyl (C=O) groups is 1. The smallest absolute Gasteiger partial charge is 0.384 e. The number of hydrogen-bond donors (Lipinski definition) is 0. The molecule has 0 bridgehead atoms. The molecule has 0 saturated carbocycles. The first kappa shape index (κ1) is 9.22. The Bertz CT molecular complexity index is 184. The van der Waals surface area contributed by atoms with Crippen molar-refractivity contribution in [2.24, 2.45) is 5.92 Å². The molecule has 0 atom stereocenters. The summed E-state index contributed by atoms with van der Waals surface area (Å²) in [5.41, 5.74) is 0. The molecule has 1 amide bonds. The van der Waals surface area contributed by atoms with Gasteiger partial charge < -0.3 is 9.64 Å². The lowest BCUT2D eigenvalue weighted by molar-refractivity contribution is -0.191. The third-order valence-electron chi connectivity index (χ3n) is 1.59. The van der Waals surface area contributed by atoms with E-state index in [1.54, 1.807) is 0 Å². The number of rotatable bonds is 1. The molecule has 3 nitrogen and oxygen atoms in total. The largest absolute Gasteiger partial charge is 0.414 e. The molecule has 0 N–H and O–H groups in total. The third-order valence-corrected chi connectivity index (χ3v) is 1.59. The van der Waals surface area contributed by atoms with Crippen molar-refractivity contribution in [3.63, 3.8) is 0 Å². The van der Waals surface area contributed by atoms with Gasteiger partial charge in [0.2, 0.25) is 0 Å². The summed E-state index contributed by atoms with van der Waals surface area (Å²) in [6.07, 6.45) is -4.30. The van der Waals surface area contributed by atoms with Crippen LogP contribution in [-0.4, -0.2) is 30.2 Å². The second-order valence-electron chi connectivity index (χ2n) is 3.19. The van der Waals surface area contributed by atoms with E-state index in [1.165, 1.54) is 4.90 Å². The lowest BCUT2D eigenvalue weighted by Crippen LogP contribution is -2.50. The Morgan fingerprint density at radius 2 is 2.08 bits per heavy atom. The van der Waals surface area contributed by atoms with E-state index < -0.39 is 12.2 Å². The van der Waals surface area contributed by atoms with Crippen LogP contribution in [0.2, 0.25) is 0 Å². The summed E-state index contributed by atoms with van der Waals surface area (Å²) >= 11 is 0. The lowest BCUT2D eigenvalue weighted by atomic mass is 10.0. The molecule has 12 heavy (non-hydrogen) atoms. The van der Waals surface area contributed by atoms with Gasteiger partial charge in [-0.2, -0.15) is 8.78 Å². The molecule has 0 spiro atoms. The maximum atomic E-state index is 12.1. The quantitative estimate of drug-likeness (QED) is 0.613. The molecule has 5 heteroatoms. The van der Waals surface area contributed by atoms with Gasteiger partial charge in [0.15, 0.2) is 0 Å². The maximum absolute atomic E-state index is 12.1. The Hall–Kier alpha value is -0.870. The Morgan fingerprint density at radius 1 is 1.58 bits per heavy atom. The highest BCUT2D eigenvalue weighted by molar-refractivity contribution is 5.68. The van der Waals surface area contributed by atoms with Crippen LogP contribution in [0.4, 0.5) is 13.6 Å². The lowest BCUT2D eigenvalue weighted by Gasteiger charge is -2.36. The Morgan fingerprint density at radius 3 is 2.42 bits per heavy atom. The summed E-state index contributed by atoms with van der Waals surface area (Å²) in [5.74, 6) is 0.392. The maximum Gasteiger partial charge on any atom is 0.414 e. The molecule has 0 aromatic rings. The number of nitrogens with zero attached hydrogens (tertiary/aromatic N) is 1. The molecule has 70 valence electrons. The van der Waals surface area contributed by atoms with Crippen LogP contribution < -0.4 is 0 Å². The first-order valence-corrected chi connectivity index (χ1v) is 3.74. The van der Waals surface area contributed by atoms with Crippen LogP contribution in [0.1, 0.15) is 13.8 Å². The predicted octanol–water partition coefficient (Wildman–Crippen LogP) is 1.69. The highest BCUT2D eigenvalue weighted by Gasteiger charge is 2.34. The summed E-state index contributed by atoms with van der Waals surface area (Å²) in [5, 5.41) is 0. The molecule has 1 aliphatic rings. The van der Waals surface area contributed by atoms with Gasteiger partial charge in [0.05, 0.1) is 0 Å². The number of likely N-dealkylation sites (tertiary alicyclic amines) is 1. The van der Waals surface area contributed by atoms with E-state index in [0.717, 1.165) is 0 Å². The van der Waals surface area contributed by atoms with Crippen molar-refractivity contribution in [1.82, 2.24) is 4.90 Å². The fourth-order valence-corrected chi connectivity index (χ4v) is 1.07. The van der Waals surface area contributed by atoms with Crippen LogP contribution in [-0.2, 0) is 4.74 Å². The molecule has 1 aliphatic heterocycles. The predicted molar refractivity (Wildman–Crippen MR) is 37.8 cm³/mol. The van der Waals surface area contributed by atoms with Crippen molar-refractivity contribution in [2.75, 3.05) is 13.1 Å². The van der Waals surface area contributed by atoms with Gasteiger partial charge in [-0.25, -0.2) is 4.79 Å². The van der Waals surface area contributed by atoms with E-state index in [9.17, 15) is 13.6 Å². The molecule has 1 rings (SSSR count). The van der Waals surface area contributed by atoms with E-state index in [4.69, 9.17) is 0 Å². The highest BCUT2D eigenvalue weighted by atomic mass is 19.3. The second-order valence-corrected chi connectivity index (χ2v) is 3.19. The second kappa shape index (κ2) is 2.88. The first-order chi connectivity index (χ1) is 5.38. The summed E-state index contributed by atoms with van der Waals surface area (Å²) in [4.78, 5) is 12.1. The Balaban J connectivity index is 2.30. The van der Waals surface area contributed by atoms with Crippen LogP contribution in [0, 0.1) is 5.92 Å². The van der Waals surface area contributed by atoms with Crippen LogP contribution in [0.25, 0.3) is 0 Å². The average Bonchev–Trinajstić information content (AvgIpc) is 1.76. The zero-order valence-corrected chi connectivity index (χ0v) is 7.01. The highest BCUT2D eigenvalue weighted by Crippen LogP contribution is 2.20. The zero-order valence-electron chi connectivity index (χ0n) is 7.01. The summed E-state index contributed by atoms with van der Waals surface area (Å²) in [6.45, 7) is 3.51. The van der Waals surface area contributed by atoms with Gasteiger partial charge in [-0.3, -0.25) is 0 Å². The summed E-state index contributed by atoms with van der Waals surface area (Å²) < 4.78 is 28.1. The van der Waals surface area contributed by atoms with Gasteiger partial charge in [0.1, 0.15) is 0 Å². The van der Waals surface area contributed by atoms with Crippen molar-refractivity contribution in [2.45, 2.75) is 20.0 Å². The van der Waals surface area contributed by atoms with Gasteiger partial charge in [-0.1, -0.05) is 6.92 Å². The van der Waals surface area contributed by atoms with Crippen molar-refractivity contribution < 1.29 is 18.3 Å².